The molecule has 164 valence electrons. The number of amides is 1. The fourth-order valence-electron chi connectivity index (χ4n) is 2.80. The van der Waals surface area contributed by atoms with Crippen LogP contribution in [0.3, 0.4) is 0 Å². The Labute approximate surface area is 196 Å². The normalized spacial score (nSPS) is 11.4. The number of benzene rings is 1. The molecule has 0 aliphatic heterocycles. The fourth-order valence-corrected chi connectivity index (χ4v) is 3.96. The summed E-state index contributed by atoms with van der Waals surface area (Å²) in [5.74, 6) is 0.211. The number of nitrogens with one attached hydrogen (secondary N) is 2. The molecule has 2 heterocycles. The van der Waals surface area contributed by atoms with Crippen molar-refractivity contribution in [1.29, 1.82) is 0 Å². The molecule has 1 aromatic carbocycles. The van der Waals surface area contributed by atoms with Gasteiger partial charge in [-0.3, -0.25) is 4.79 Å². The van der Waals surface area contributed by atoms with Crippen LogP contribution in [0.5, 0.6) is 0 Å². The van der Waals surface area contributed by atoms with Crippen LogP contribution in [0.1, 0.15) is 42.4 Å². The van der Waals surface area contributed by atoms with Gasteiger partial charge in [0.25, 0.3) is 0 Å². The second kappa shape index (κ2) is 9.31. The Balaban J connectivity index is 1.72. The minimum Gasteiger partial charge on any atom is -0.444 e. The monoisotopic (exact) mass is 552 g/mol. The molecule has 0 spiro atoms. The quantitative estimate of drug-likeness (QED) is 0.441. The van der Waals surface area contributed by atoms with Gasteiger partial charge in [0, 0.05) is 22.3 Å². The van der Waals surface area contributed by atoms with Gasteiger partial charge in [0.1, 0.15) is 11.3 Å². The van der Waals surface area contributed by atoms with Crippen molar-refractivity contribution in [3.63, 3.8) is 0 Å². The largest absolute Gasteiger partial charge is 0.444 e. The molecule has 0 bridgehead atoms. The SMILES string of the molecule is Cc1[nH]c(-c2nnn(CCNC(=O)OC(C)(C)C)n2)c(Br)c1C(=O)c1cccc(Br)c1. The van der Waals surface area contributed by atoms with Gasteiger partial charge in [0.05, 0.1) is 16.6 Å². The predicted octanol–water partition coefficient (Wildman–Crippen LogP) is 4.26. The van der Waals surface area contributed by atoms with E-state index in [0.29, 0.717) is 39.4 Å². The van der Waals surface area contributed by atoms with Crippen LogP contribution >= 0.6 is 31.9 Å². The van der Waals surface area contributed by atoms with Crippen molar-refractivity contribution in [3.8, 4) is 11.5 Å². The molecule has 0 aliphatic rings. The third-order valence-electron chi connectivity index (χ3n) is 4.10. The molecular formula is C20H22Br2N6O3. The van der Waals surface area contributed by atoms with Crippen LogP contribution in [-0.2, 0) is 11.3 Å². The van der Waals surface area contributed by atoms with Gasteiger partial charge in [-0.1, -0.05) is 28.1 Å². The molecule has 11 heteroatoms. The molecule has 2 aromatic heterocycles. The van der Waals surface area contributed by atoms with E-state index in [1.54, 1.807) is 32.9 Å². The van der Waals surface area contributed by atoms with E-state index >= 15 is 0 Å². The summed E-state index contributed by atoms with van der Waals surface area (Å²) in [4.78, 5) is 29.3. The Morgan fingerprint density at radius 1 is 1.26 bits per heavy atom. The number of ketones is 1. The van der Waals surface area contributed by atoms with E-state index in [1.165, 1.54) is 4.80 Å². The lowest BCUT2D eigenvalue weighted by Crippen LogP contribution is -2.34. The van der Waals surface area contributed by atoms with Crippen molar-refractivity contribution in [1.82, 2.24) is 30.5 Å². The zero-order chi connectivity index (χ0) is 22.8. The molecule has 0 saturated heterocycles. The number of tetrazole rings is 1. The first-order chi connectivity index (χ1) is 14.5. The van der Waals surface area contributed by atoms with Crippen molar-refractivity contribution in [2.75, 3.05) is 6.54 Å². The first-order valence-corrected chi connectivity index (χ1v) is 11.1. The molecule has 0 radical (unpaired) electrons. The highest BCUT2D eigenvalue weighted by Crippen LogP contribution is 2.32. The Bertz CT molecular complexity index is 1120. The first kappa shape index (κ1) is 23.1. The van der Waals surface area contributed by atoms with Crippen molar-refractivity contribution in [3.05, 3.63) is 50.0 Å². The summed E-state index contributed by atoms with van der Waals surface area (Å²) in [5.41, 5.74) is 1.76. The number of aromatic amines is 1. The molecule has 0 saturated carbocycles. The van der Waals surface area contributed by atoms with Gasteiger partial charge in [0.2, 0.25) is 5.82 Å². The van der Waals surface area contributed by atoms with Crippen LogP contribution < -0.4 is 5.32 Å². The summed E-state index contributed by atoms with van der Waals surface area (Å²) in [6.07, 6.45) is -0.508. The molecule has 0 fully saturated rings. The average Bonchev–Trinajstić information content (AvgIpc) is 3.24. The van der Waals surface area contributed by atoms with Crippen molar-refractivity contribution in [2.24, 2.45) is 0 Å². The smallest absolute Gasteiger partial charge is 0.407 e. The number of H-pyrrole nitrogens is 1. The summed E-state index contributed by atoms with van der Waals surface area (Å²) >= 11 is 6.90. The molecule has 31 heavy (non-hydrogen) atoms. The van der Waals surface area contributed by atoms with E-state index in [4.69, 9.17) is 4.74 Å². The number of ether oxygens (including phenoxy) is 1. The highest BCUT2D eigenvalue weighted by atomic mass is 79.9. The second-order valence-corrected chi connectivity index (χ2v) is 9.50. The number of carbonyl (C=O) groups is 2. The number of hydrogen-bond donors (Lipinski definition) is 2. The summed E-state index contributed by atoms with van der Waals surface area (Å²) in [7, 11) is 0. The van der Waals surface area contributed by atoms with Crippen LogP contribution in [0.4, 0.5) is 4.79 Å². The van der Waals surface area contributed by atoms with E-state index in [1.807, 2.05) is 19.1 Å². The van der Waals surface area contributed by atoms with Gasteiger partial charge in [-0.25, -0.2) is 4.79 Å². The maximum atomic E-state index is 13.0. The van der Waals surface area contributed by atoms with E-state index in [0.717, 1.165) is 4.47 Å². The third kappa shape index (κ3) is 5.79. The van der Waals surface area contributed by atoms with Crippen LogP contribution in [0.2, 0.25) is 0 Å². The topological polar surface area (TPSA) is 115 Å². The van der Waals surface area contributed by atoms with Gasteiger partial charge in [-0.2, -0.15) is 4.80 Å². The lowest BCUT2D eigenvalue weighted by Gasteiger charge is -2.19. The molecule has 9 nitrogen and oxygen atoms in total. The molecular weight excluding hydrogens is 532 g/mol. The maximum absolute atomic E-state index is 13.0. The van der Waals surface area contributed by atoms with Crippen LogP contribution in [0.25, 0.3) is 11.5 Å². The molecule has 2 N–H and O–H groups in total. The van der Waals surface area contributed by atoms with Crippen LogP contribution in [-0.4, -0.2) is 49.2 Å². The number of halogens is 2. The number of alkyl carbamates (subject to hydrolysis) is 1. The number of hydrogen-bond acceptors (Lipinski definition) is 6. The highest BCUT2D eigenvalue weighted by molar-refractivity contribution is 9.11. The van der Waals surface area contributed by atoms with Gasteiger partial charge in [0.15, 0.2) is 5.78 Å². The van der Waals surface area contributed by atoms with Crippen LogP contribution in [0.15, 0.2) is 33.2 Å². The first-order valence-electron chi connectivity index (χ1n) is 9.48. The summed E-state index contributed by atoms with van der Waals surface area (Å²) < 4.78 is 6.58. The van der Waals surface area contributed by atoms with E-state index in [-0.39, 0.29) is 12.3 Å². The molecule has 0 atom stereocenters. The number of aryl methyl sites for hydroxylation is 1. The van der Waals surface area contributed by atoms with Gasteiger partial charge in [-0.15, -0.1) is 10.2 Å². The van der Waals surface area contributed by atoms with Crippen molar-refractivity contribution >= 4 is 43.7 Å². The Morgan fingerprint density at radius 3 is 2.68 bits per heavy atom. The fraction of sp³-hybridized carbons (Fsp3) is 0.350. The summed E-state index contributed by atoms with van der Waals surface area (Å²) in [6.45, 7) is 7.79. The highest BCUT2D eigenvalue weighted by Gasteiger charge is 2.24. The zero-order valence-corrected chi connectivity index (χ0v) is 20.7. The molecule has 0 unspecified atom stereocenters. The Kier molecular flexibility index (Phi) is 6.95. The van der Waals surface area contributed by atoms with Gasteiger partial charge in [-0.05, 0) is 61.0 Å². The standard InChI is InChI=1S/C20H22Br2N6O3/c1-11-14(17(29)12-6-5-7-13(21)10-12)15(22)16(24-11)18-25-27-28(26-18)9-8-23-19(30)31-20(2,3)4/h5-7,10,24H,8-9H2,1-4H3,(H,23,30). The summed E-state index contributed by atoms with van der Waals surface area (Å²) in [5, 5.41) is 15.1. The van der Waals surface area contributed by atoms with Crippen molar-refractivity contribution in [2.45, 2.75) is 39.8 Å². The van der Waals surface area contributed by atoms with Gasteiger partial charge < -0.3 is 15.0 Å². The molecule has 0 aliphatic carbocycles. The third-order valence-corrected chi connectivity index (χ3v) is 5.38. The van der Waals surface area contributed by atoms with E-state index in [2.05, 4.69) is 57.6 Å². The number of rotatable bonds is 6. The number of nitrogens with zero attached hydrogens (tertiary/aromatic N) is 4. The Hall–Kier alpha value is -2.53. The minimum absolute atomic E-state index is 0.123. The maximum Gasteiger partial charge on any atom is 0.407 e. The number of aromatic nitrogens is 5. The van der Waals surface area contributed by atoms with Crippen molar-refractivity contribution < 1.29 is 14.3 Å². The zero-order valence-electron chi connectivity index (χ0n) is 17.5. The lowest BCUT2D eigenvalue weighted by atomic mass is 10.0. The van der Waals surface area contributed by atoms with Crippen LogP contribution in [0, 0.1) is 6.92 Å². The summed E-state index contributed by atoms with van der Waals surface area (Å²) in [6, 6.07) is 7.21. The van der Waals surface area contributed by atoms with E-state index < -0.39 is 11.7 Å². The minimum atomic E-state index is -0.564. The average molecular weight is 554 g/mol. The Morgan fingerprint density at radius 2 is 2.00 bits per heavy atom. The number of carbonyl (C=O) groups excluding carboxylic acids is 2. The van der Waals surface area contributed by atoms with E-state index in [9.17, 15) is 9.59 Å². The molecule has 3 aromatic rings. The molecule has 3 rings (SSSR count). The second-order valence-electron chi connectivity index (χ2n) is 7.79. The lowest BCUT2D eigenvalue weighted by molar-refractivity contribution is 0.0525. The molecule has 1 amide bonds. The predicted molar refractivity (Wildman–Crippen MR) is 122 cm³/mol. The van der Waals surface area contributed by atoms with Gasteiger partial charge >= 0.3 is 6.09 Å².